The predicted octanol–water partition coefficient (Wildman–Crippen LogP) is 3.49. The molecule has 0 unspecified atom stereocenters. The van der Waals surface area contributed by atoms with E-state index in [4.69, 9.17) is 0 Å². The Labute approximate surface area is 77.9 Å². The van der Waals surface area contributed by atoms with Crippen LogP contribution in [-0.4, -0.2) is 4.43 Å². The van der Waals surface area contributed by atoms with Gasteiger partial charge in [-0.1, -0.05) is 42.9 Å². The third-order valence-electron chi connectivity index (χ3n) is 2.77. The largest absolute Gasteiger partial charge is 0.0861 e. The monoisotopic (exact) mass is 252 g/mol. The Kier molecular flexibility index (Phi) is 3.47. The van der Waals surface area contributed by atoms with Crippen molar-refractivity contribution < 1.29 is 0 Å². The molecule has 0 N–H and O–H groups in total. The SMILES string of the molecule is CC(C)[C@@H]1CCC[C@@H]1CI. The number of hydrogen-bond donors (Lipinski definition) is 0. The highest BCUT2D eigenvalue weighted by atomic mass is 127. The zero-order valence-corrected chi connectivity index (χ0v) is 9.10. The molecule has 1 fully saturated rings. The third kappa shape index (κ3) is 1.86. The summed E-state index contributed by atoms with van der Waals surface area (Å²) in [6.45, 7) is 4.74. The summed E-state index contributed by atoms with van der Waals surface area (Å²) in [6.07, 6.45) is 4.47. The van der Waals surface area contributed by atoms with Gasteiger partial charge in [0.05, 0.1) is 0 Å². The molecule has 0 saturated heterocycles. The summed E-state index contributed by atoms with van der Waals surface area (Å²) in [6, 6.07) is 0. The van der Waals surface area contributed by atoms with Gasteiger partial charge in [0, 0.05) is 4.43 Å². The topological polar surface area (TPSA) is 0 Å². The average molecular weight is 252 g/mol. The molecule has 2 atom stereocenters. The van der Waals surface area contributed by atoms with Crippen molar-refractivity contribution >= 4 is 22.6 Å². The summed E-state index contributed by atoms with van der Waals surface area (Å²) < 4.78 is 1.38. The van der Waals surface area contributed by atoms with Crippen LogP contribution in [0.15, 0.2) is 0 Å². The van der Waals surface area contributed by atoms with E-state index >= 15 is 0 Å². The third-order valence-corrected chi connectivity index (χ3v) is 3.90. The Morgan fingerprint density at radius 1 is 1.40 bits per heavy atom. The molecular formula is C9H17I. The first-order valence-electron chi connectivity index (χ1n) is 4.31. The van der Waals surface area contributed by atoms with E-state index in [-0.39, 0.29) is 0 Å². The molecule has 60 valence electrons. The zero-order valence-electron chi connectivity index (χ0n) is 6.94. The fraction of sp³-hybridized carbons (Fsp3) is 1.00. The van der Waals surface area contributed by atoms with E-state index in [1.165, 1.54) is 23.7 Å². The van der Waals surface area contributed by atoms with Gasteiger partial charge in [0.25, 0.3) is 0 Å². The van der Waals surface area contributed by atoms with Gasteiger partial charge in [0.1, 0.15) is 0 Å². The van der Waals surface area contributed by atoms with Gasteiger partial charge in [-0.3, -0.25) is 0 Å². The van der Waals surface area contributed by atoms with Gasteiger partial charge in [-0.15, -0.1) is 0 Å². The summed E-state index contributed by atoms with van der Waals surface area (Å²) in [5, 5.41) is 0. The number of halogens is 1. The lowest BCUT2D eigenvalue weighted by molar-refractivity contribution is 0.321. The molecule has 0 amide bonds. The molecule has 1 saturated carbocycles. The van der Waals surface area contributed by atoms with E-state index in [1.54, 1.807) is 0 Å². The maximum atomic E-state index is 2.54. The molecule has 0 aromatic heterocycles. The van der Waals surface area contributed by atoms with E-state index < -0.39 is 0 Å². The fourth-order valence-electron chi connectivity index (χ4n) is 2.13. The normalized spacial score (nSPS) is 33.6. The smallest absolute Gasteiger partial charge is 0.00264 e. The maximum absolute atomic E-state index is 2.54. The summed E-state index contributed by atoms with van der Waals surface area (Å²) in [5.74, 6) is 3.00. The zero-order chi connectivity index (χ0) is 7.56. The van der Waals surface area contributed by atoms with Crippen molar-refractivity contribution in [3.05, 3.63) is 0 Å². The van der Waals surface area contributed by atoms with E-state index in [2.05, 4.69) is 36.4 Å². The van der Waals surface area contributed by atoms with Gasteiger partial charge in [0.2, 0.25) is 0 Å². The van der Waals surface area contributed by atoms with Gasteiger partial charge < -0.3 is 0 Å². The van der Waals surface area contributed by atoms with E-state index in [0.29, 0.717) is 0 Å². The Morgan fingerprint density at radius 2 is 2.10 bits per heavy atom. The van der Waals surface area contributed by atoms with Gasteiger partial charge >= 0.3 is 0 Å². The van der Waals surface area contributed by atoms with Crippen LogP contribution in [0, 0.1) is 17.8 Å². The summed E-state index contributed by atoms with van der Waals surface area (Å²) in [5.41, 5.74) is 0. The minimum absolute atomic E-state index is 0.919. The van der Waals surface area contributed by atoms with Crippen molar-refractivity contribution in [3.63, 3.8) is 0 Å². The van der Waals surface area contributed by atoms with Crippen LogP contribution in [0.5, 0.6) is 0 Å². The van der Waals surface area contributed by atoms with Crippen molar-refractivity contribution in [1.29, 1.82) is 0 Å². The molecular weight excluding hydrogens is 235 g/mol. The van der Waals surface area contributed by atoms with Crippen LogP contribution in [-0.2, 0) is 0 Å². The summed E-state index contributed by atoms with van der Waals surface area (Å²) in [4.78, 5) is 0. The average Bonchev–Trinajstić information content (AvgIpc) is 2.33. The van der Waals surface area contributed by atoms with Crippen LogP contribution in [0.25, 0.3) is 0 Å². The second kappa shape index (κ2) is 3.93. The molecule has 1 heteroatoms. The lowest BCUT2D eigenvalue weighted by atomic mass is 9.87. The van der Waals surface area contributed by atoms with Crippen molar-refractivity contribution in [2.24, 2.45) is 17.8 Å². The second-order valence-corrected chi connectivity index (χ2v) is 4.63. The summed E-state index contributed by atoms with van der Waals surface area (Å²) in [7, 11) is 0. The quantitative estimate of drug-likeness (QED) is 0.521. The Balaban J connectivity index is 2.42. The highest BCUT2D eigenvalue weighted by molar-refractivity contribution is 14.1. The molecule has 0 aliphatic heterocycles. The first-order chi connectivity index (χ1) is 4.75. The maximum Gasteiger partial charge on any atom is 0.00264 e. The molecule has 10 heavy (non-hydrogen) atoms. The van der Waals surface area contributed by atoms with Gasteiger partial charge in [-0.2, -0.15) is 0 Å². The van der Waals surface area contributed by atoms with Crippen molar-refractivity contribution in [2.45, 2.75) is 33.1 Å². The Bertz CT molecular complexity index is 98.9. The number of rotatable bonds is 2. The molecule has 0 radical (unpaired) electrons. The number of alkyl halides is 1. The molecule has 1 aliphatic carbocycles. The van der Waals surface area contributed by atoms with E-state index in [9.17, 15) is 0 Å². The minimum atomic E-state index is 0.919. The lowest BCUT2D eigenvalue weighted by Crippen LogP contribution is -2.14. The fourth-order valence-corrected chi connectivity index (χ4v) is 3.23. The van der Waals surface area contributed by atoms with E-state index in [0.717, 1.165) is 17.8 Å². The van der Waals surface area contributed by atoms with Crippen molar-refractivity contribution in [3.8, 4) is 0 Å². The second-order valence-electron chi connectivity index (χ2n) is 3.75. The lowest BCUT2D eigenvalue weighted by Gasteiger charge is -2.20. The first-order valence-corrected chi connectivity index (χ1v) is 5.84. The number of hydrogen-bond acceptors (Lipinski definition) is 0. The molecule has 0 bridgehead atoms. The first kappa shape index (κ1) is 8.82. The van der Waals surface area contributed by atoms with Crippen LogP contribution < -0.4 is 0 Å². The molecule has 1 rings (SSSR count). The van der Waals surface area contributed by atoms with E-state index in [1.807, 2.05) is 0 Å². The molecule has 0 heterocycles. The Morgan fingerprint density at radius 3 is 2.50 bits per heavy atom. The van der Waals surface area contributed by atoms with Crippen LogP contribution in [0.1, 0.15) is 33.1 Å². The highest BCUT2D eigenvalue weighted by Crippen LogP contribution is 2.37. The molecule has 0 aromatic rings. The van der Waals surface area contributed by atoms with Gasteiger partial charge in [-0.25, -0.2) is 0 Å². The van der Waals surface area contributed by atoms with Crippen LogP contribution in [0.4, 0.5) is 0 Å². The highest BCUT2D eigenvalue weighted by Gasteiger charge is 2.28. The molecule has 0 nitrogen and oxygen atoms in total. The van der Waals surface area contributed by atoms with Crippen LogP contribution in [0.2, 0.25) is 0 Å². The molecule has 0 aromatic carbocycles. The van der Waals surface area contributed by atoms with Gasteiger partial charge in [-0.05, 0) is 30.6 Å². The minimum Gasteiger partial charge on any atom is -0.0861 e. The summed E-state index contributed by atoms with van der Waals surface area (Å²) >= 11 is 2.54. The van der Waals surface area contributed by atoms with Crippen LogP contribution >= 0.6 is 22.6 Å². The Hall–Kier alpha value is 0.730. The predicted molar refractivity (Wildman–Crippen MR) is 54.6 cm³/mol. The standard InChI is InChI=1S/C9H17I/c1-7(2)9-5-3-4-8(9)6-10/h7-9H,3-6H2,1-2H3/t8-,9+/m1/s1. The molecule has 1 aliphatic rings. The van der Waals surface area contributed by atoms with Crippen LogP contribution in [0.3, 0.4) is 0 Å². The van der Waals surface area contributed by atoms with Gasteiger partial charge in [0.15, 0.2) is 0 Å². The molecule has 0 spiro atoms. The van der Waals surface area contributed by atoms with Crippen molar-refractivity contribution in [1.82, 2.24) is 0 Å². The van der Waals surface area contributed by atoms with Crippen molar-refractivity contribution in [2.75, 3.05) is 4.43 Å².